The molecule has 3 rings (SSSR count). The lowest BCUT2D eigenvalue weighted by Gasteiger charge is -2.01. The fourth-order valence-electron chi connectivity index (χ4n) is 1.74. The highest BCUT2D eigenvalue weighted by atomic mass is 32.1. The zero-order valence-corrected chi connectivity index (χ0v) is 10.8. The molecule has 3 aromatic rings. The Hall–Kier alpha value is -2.40. The molecule has 0 spiro atoms. The second-order valence-electron chi connectivity index (χ2n) is 4.01. The van der Waals surface area contributed by atoms with Crippen LogP contribution in [0.3, 0.4) is 0 Å². The highest BCUT2D eigenvalue weighted by Gasteiger charge is 2.01. The number of hydrogen-bond donors (Lipinski definition) is 2. The van der Waals surface area contributed by atoms with Gasteiger partial charge in [-0.1, -0.05) is 0 Å². The monoisotopic (exact) mass is 269 g/mol. The topological polar surface area (TPSA) is 57.8 Å². The van der Waals surface area contributed by atoms with Gasteiger partial charge in [0, 0.05) is 11.8 Å². The minimum Gasteiger partial charge on any atom is -0.345 e. The van der Waals surface area contributed by atoms with E-state index in [0.29, 0.717) is 0 Å². The summed E-state index contributed by atoms with van der Waals surface area (Å²) in [6.45, 7) is 0. The van der Waals surface area contributed by atoms with Gasteiger partial charge in [-0.2, -0.15) is 11.3 Å². The van der Waals surface area contributed by atoms with E-state index < -0.39 is 0 Å². The number of aromatic amines is 1. The SMILES string of the molecule is O=C(/C=C/c1ccsc1)Nc1ccc2nc[nH]c2c1. The number of thiophene rings is 1. The van der Waals surface area contributed by atoms with Crippen LogP contribution in [0.4, 0.5) is 5.69 Å². The quantitative estimate of drug-likeness (QED) is 0.717. The lowest BCUT2D eigenvalue weighted by atomic mass is 10.2. The van der Waals surface area contributed by atoms with E-state index in [1.165, 1.54) is 6.08 Å². The summed E-state index contributed by atoms with van der Waals surface area (Å²) in [6.07, 6.45) is 4.95. The van der Waals surface area contributed by atoms with E-state index in [-0.39, 0.29) is 5.91 Å². The third-order valence-electron chi connectivity index (χ3n) is 2.66. The third-order valence-corrected chi connectivity index (χ3v) is 3.36. The van der Waals surface area contributed by atoms with Crippen LogP contribution in [0, 0.1) is 0 Å². The molecule has 2 heterocycles. The summed E-state index contributed by atoms with van der Waals surface area (Å²) in [4.78, 5) is 18.9. The molecule has 0 atom stereocenters. The maximum absolute atomic E-state index is 11.8. The van der Waals surface area contributed by atoms with Crippen LogP contribution in [0.25, 0.3) is 17.1 Å². The molecule has 0 fully saturated rings. The second kappa shape index (κ2) is 5.07. The van der Waals surface area contributed by atoms with E-state index in [1.807, 2.05) is 35.0 Å². The van der Waals surface area contributed by atoms with Crippen molar-refractivity contribution in [1.29, 1.82) is 0 Å². The second-order valence-corrected chi connectivity index (χ2v) is 4.79. The van der Waals surface area contributed by atoms with Crippen molar-refractivity contribution in [2.75, 3.05) is 5.32 Å². The summed E-state index contributed by atoms with van der Waals surface area (Å²) in [5.41, 5.74) is 3.56. The Morgan fingerprint density at radius 1 is 1.37 bits per heavy atom. The first-order valence-corrected chi connectivity index (χ1v) is 6.70. The first-order chi connectivity index (χ1) is 9.31. The molecule has 0 radical (unpaired) electrons. The van der Waals surface area contributed by atoms with Gasteiger partial charge in [-0.15, -0.1) is 0 Å². The van der Waals surface area contributed by atoms with Crippen molar-refractivity contribution in [2.45, 2.75) is 0 Å². The predicted molar refractivity (Wildman–Crippen MR) is 78.1 cm³/mol. The zero-order chi connectivity index (χ0) is 13.1. The van der Waals surface area contributed by atoms with Crippen molar-refractivity contribution in [3.05, 3.63) is 53.0 Å². The zero-order valence-electron chi connectivity index (χ0n) is 9.96. The first-order valence-electron chi connectivity index (χ1n) is 5.76. The maximum atomic E-state index is 11.8. The Kier molecular flexibility index (Phi) is 3.12. The Labute approximate surface area is 113 Å². The molecule has 0 saturated heterocycles. The lowest BCUT2D eigenvalue weighted by Crippen LogP contribution is -2.07. The number of fused-ring (bicyclic) bond motifs is 1. The van der Waals surface area contributed by atoms with Crippen LogP contribution < -0.4 is 5.32 Å². The highest BCUT2D eigenvalue weighted by Crippen LogP contribution is 2.15. The van der Waals surface area contributed by atoms with Crippen LogP contribution >= 0.6 is 11.3 Å². The number of imidazole rings is 1. The van der Waals surface area contributed by atoms with Crippen molar-refractivity contribution in [2.24, 2.45) is 0 Å². The molecule has 0 aliphatic rings. The standard InChI is InChI=1S/C14H11N3OS/c18-14(4-1-10-5-6-19-8-10)17-11-2-3-12-13(7-11)16-9-15-12/h1-9H,(H,15,16)(H,17,18)/b4-1+. The number of benzene rings is 1. The molecule has 0 bridgehead atoms. The average molecular weight is 269 g/mol. The average Bonchev–Trinajstić information content (AvgIpc) is 3.07. The van der Waals surface area contributed by atoms with Crippen LogP contribution in [0.2, 0.25) is 0 Å². The van der Waals surface area contributed by atoms with E-state index in [0.717, 1.165) is 22.3 Å². The summed E-state index contributed by atoms with van der Waals surface area (Å²) in [6, 6.07) is 7.52. The number of nitrogens with zero attached hydrogens (tertiary/aromatic N) is 1. The number of hydrogen-bond acceptors (Lipinski definition) is 3. The molecular weight excluding hydrogens is 258 g/mol. The maximum Gasteiger partial charge on any atom is 0.248 e. The van der Waals surface area contributed by atoms with E-state index >= 15 is 0 Å². The first kappa shape index (κ1) is 11.7. The van der Waals surface area contributed by atoms with E-state index in [2.05, 4.69) is 15.3 Å². The van der Waals surface area contributed by atoms with Gasteiger partial charge in [0.25, 0.3) is 0 Å². The van der Waals surface area contributed by atoms with E-state index in [9.17, 15) is 4.79 Å². The largest absolute Gasteiger partial charge is 0.345 e. The molecule has 0 unspecified atom stereocenters. The Bertz CT molecular complexity index is 728. The normalized spacial score (nSPS) is 11.2. The molecule has 0 saturated carbocycles. The Morgan fingerprint density at radius 3 is 3.16 bits per heavy atom. The van der Waals surface area contributed by atoms with Gasteiger partial charge < -0.3 is 10.3 Å². The fraction of sp³-hybridized carbons (Fsp3) is 0. The predicted octanol–water partition coefficient (Wildman–Crippen LogP) is 3.28. The fourth-order valence-corrected chi connectivity index (χ4v) is 2.37. The minimum absolute atomic E-state index is 0.148. The van der Waals surface area contributed by atoms with Crippen molar-refractivity contribution < 1.29 is 4.79 Å². The molecule has 94 valence electrons. The van der Waals surface area contributed by atoms with Gasteiger partial charge in [0.1, 0.15) is 0 Å². The van der Waals surface area contributed by atoms with Crippen LogP contribution in [-0.4, -0.2) is 15.9 Å². The van der Waals surface area contributed by atoms with Crippen LogP contribution in [0.1, 0.15) is 5.56 Å². The summed E-state index contributed by atoms with van der Waals surface area (Å²) < 4.78 is 0. The van der Waals surface area contributed by atoms with Crippen molar-refractivity contribution in [1.82, 2.24) is 9.97 Å². The Morgan fingerprint density at radius 2 is 2.32 bits per heavy atom. The molecule has 2 N–H and O–H groups in total. The number of rotatable bonds is 3. The highest BCUT2D eigenvalue weighted by molar-refractivity contribution is 7.08. The number of nitrogens with one attached hydrogen (secondary N) is 2. The Balaban J connectivity index is 1.71. The van der Waals surface area contributed by atoms with Gasteiger partial charge >= 0.3 is 0 Å². The summed E-state index contributed by atoms with van der Waals surface area (Å²) >= 11 is 1.60. The molecule has 0 aliphatic carbocycles. The van der Waals surface area contributed by atoms with Gasteiger partial charge in [0.05, 0.1) is 17.4 Å². The molecule has 5 heteroatoms. The van der Waals surface area contributed by atoms with Gasteiger partial charge in [-0.05, 0) is 46.7 Å². The number of aromatic nitrogens is 2. The minimum atomic E-state index is -0.148. The number of carbonyl (C=O) groups excluding carboxylic acids is 1. The third kappa shape index (κ3) is 2.71. The number of anilines is 1. The van der Waals surface area contributed by atoms with Crippen LogP contribution in [0.15, 0.2) is 47.4 Å². The summed E-state index contributed by atoms with van der Waals surface area (Å²) in [5.74, 6) is -0.148. The molecule has 0 aliphatic heterocycles. The van der Waals surface area contributed by atoms with Crippen molar-refractivity contribution in [3.8, 4) is 0 Å². The molecule has 2 aromatic heterocycles. The van der Waals surface area contributed by atoms with Gasteiger partial charge in [-0.25, -0.2) is 4.98 Å². The number of H-pyrrole nitrogens is 1. The molecule has 19 heavy (non-hydrogen) atoms. The molecule has 1 aromatic carbocycles. The lowest BCUT2D eigenvalue weighted by molar-refractivity contribution is -0.111. The van der Waals surface area contributed by atoms with Gasteiger partial charge in [0.15, 0.2) is 0 Å². The van der Waals surface area contributed by atoms with Crippen molar-refractivity contribution in [3.63, 3.8) is 0 Å². The van der Waals surface area contributed by atoms with Gasteiger partial charge in [-0.3, -0.25) is 4.79 Å². The summed E-state index contributed by atoms with van der Waals surface area (Å²) in [5, 5.41) is 6.78. The molecular formula is C14H11N3OS. The van der Waals surface area contributed by atoms with Crippen LogP contribution in [-0.2, 0) is 4.79 Å². The number of carbonyl (C=O) groups is 1. The van der Waals surface area contributed by atoms with E-state index in [1.54, 1.807) is 23.7 Å². The summed E-state index contributed by atoms with van der Waals surface area (Å²) in [7, 11) is 0. The van der Waals surface area contributed by atoms with Gasteiger partial charge in [0.2, 0.25) is 5.91 Å². The van der Waals surface area contributed by atoms with Crippen LogP contribution in [0.5, 0.6) is 0 Å². The van der Waals surface area contributed by atoms with E-state index in [4.69, 9.17) is 0 Å². The number of amides is 1. The smallest absolute Gasteiger partial charge is 0.248 e. The van der Waals surface area contributed by atoms with Crippen molar-refractivity contribution >= 4 is 40.0 Å². The molecule has 1 amide bonds. The molecule has 4 nitrogen and oxygen atoms in total.